The molecule has 0 aliphatic carbocycles. The Hall–Kier alpha value is -3.76. The van der Waals surface area contributed by atoms with Crippen LogP contribution in [0.4, 0.5) is 9.59 Å². The van der Waals surface area contributed by atoms with E-state index in [1.807, 2.05) is 47.0 Å². The molecule has 0 aliphatic heterocycles. The van der Waals surface area contributed by atoms with Gasteiger partial charge >= 0.3 is 12.2 Å². The topological polar surface area (TPSA) is 157 Å². The average Bonchev–Trinajstić information content (AvgIpc) is 3.04. The van der Waals surface area contributed by atoms with E-state index in [9.17, 15) is 19.2 Å². The smallest absolute Gasteiger partial charge is 0.411 e. The number of carbonyl (C=O) groups is 4. The molecule has 4 amide bonds. The van der Waals surface area contributed by atoms with Gasteiger partial charge in [0.15, 0.2) is 0 Å². The lowest BCUT2D eigenvalue weighted by Crippen LogP contribution is -2.57. The minimum absolute atomic E-state index is 0.411. The SMILES string of the molecule is C[C@H](NCCCCCCCCCCCCCCCC(Cc1ccccc1)(Cc1ccccc1)N[C@@H](C)C(=O)NC(=O)O)C(=O)NC(=O)O. The molecule has 48 heavy (non-hydrogen) atoms. The number of hydrogen-bond donors (Lipinski definition) is 6. The highest BCUT2D eigenvalue weighted by molar-refractivity contribution is 5.94. The second kappa shape index (κ2) is 23.5. The molecule has 2 aromatic carbocycles. The molecule has 2 atom stereocenters. The summed E-state index contributed by atoms with van der Waals surface area (Å²) in [5.74, 6) is -1.06. The largest absolute Gasteiger partial charge is 0.465 e. The summed E-state index contributed by atoms with van der Waals surface area (Å²) in [5, 5.41) is 28.2. The highest BCUT2D eigenvalue weighted by Gasteiger charge is 2.33. The summed E-state index contributed by atoms with van der Waals surface area (Å²) in [5.41, 5.74) is 1.95. The van der Waals surface area contributed by atoms with Crippen molar-refractivity contribution in [3.63, 3.8) is 0 Å². The van der Waals surface area contributed by atoms with Gasteiger partial charge in [0.05, 0.1) is 12.1 Å². The molecule has 0 radical (unpaired) electrons. The number of rotatable bonds is 25. The molecule has 0 bridgehead atoms. The Balaban J connectivity index is 1.71. The summed E-state index contributed by atoms with van der Waals surface area (Å²) >= 11 is 0. The van der Waals surface area contributed by atoms with Crippen LogP contribution in [0.3, 0.4) is 0 Å². The molecule has 0 spiro atoms. The number of carbonyl (C=O) groups excluding carboxylic acids is 2. The quantitative estimate of drug-likeness (QED) is 0.0607. The maximum Gasteiger partial charge on any atom is 0.411 e. The van der Waals surface area contributed by atoms with Gasteiger partial charge in [-0.05, 0) is 57.2 Å². The minimum atomic E-state index is -1.34. The molecule has 2 aromatic rings. The van der Waals surface area contributed by atoms with Gasteiger partial charge in [-0.1, -0.05) is 138 Å². The van der Waals surface area contributed by atoms with Crippen molar-refractivity contribution < 1.29 is 29.4 Å². The van der Waals surface area contributed by atoms with Gasteiger partial charge in [-0.2, -0.15) is 0 Å². The molecule has 0 saturated carbocycles. The van der Waals surface area contributed by atoms with Gasteiger partial charge in [-0.15, -0.1) is 0 Å². The first kappa shape index (κ1) is 40.4. The van der Waals surface area contributed by atoms with Gasteiger partial charge in [0, 0.05) is 5.54 Å². The third kappa shape index (κ3) is 18.0. The molecule has 0 fully saturated rings. The lowest BCUT2D eigenvalue weighted by atomic mass is 9.79. The monoisotopic (exact) mass is 666 g/mol. The Morgan fingerprint density at radius 1 is 0.562 bits per heavy atom. The summed E-state index contributed by atoms with van der Waals surface area (Å²) in [6, 6.07) is 19.4. The Morgan fingerprint density at radius 2 is 0.938 bits per heavy atom. The number of carboxylic acid groups (broad SMARTS) is 2. The van der Waals surface area contributed by atoms with E-state index < -0.39 is 41.6 Å². The maximum atomic E-state index is 12.6. The summed E-state index contributed by atoms with van der Waals surface area (Å²) in [6.45, 7) is 4.10. The molecule has 10 heteroatoms. The molecule has 2 rings (SSSR count). The predicted molar refractivity (Wildman–Crippen MR) is 190 cm³/mol. The normalized spacial score (nSPS) is 12.6. The van der Waals surface area contributed by atoms with Crippen LogP contribution in [0.5, 0.6) is 0 Å². The lowest BCUT2D eigenvalue weighted by molar-refractivity contribution is -0.123. The van der Waals surface area contributed by atoms with E-state index in [4.69, 9.17) is 10.2 Å². The second-order valence-electron chi connectivity index (χ2n) is 13.1. The van der Waals surface area contributed by atoms with E-state index in [1.54, 1.807) is 13.8 Å². The van der Waals surface area contributed by atoms with Crippen molar-refractivity contribution >= 4 is 24.0 Å². The maximum absolute atomic E-state index is 12.6. The van der Waals surface area contributed by atoms with Crippen LogP contribution in [0.25, 0.3) is 0 Å². The zero-order valence-corrected chi connectivity index (χ0v) is 29.0. The first-order valence-electron chi connectivity index (χ1n) is 17.8. The third-order valence-electron chi connectivity index (χ3n) is 8.82. The van der Waals surface area contributed by atoms with Crippen LogP contribution in [0, 0.1) is 0 Å². The number of benzene rings is 2. The minimum Gasteiger partial charge on any atom is -0.465 e. The van der Waals surface area contributed by atoms with Crippen molar-refractivity contribution in [2.75, 3.05) is 6.54 Å². The average molecular weight is 667 g/mol. The molecule has 0 heterocycles. The van der Waals surface area contributed by atoms with Crippen LogP contribution in [-0.2, 0) is 22.4 Å². The summed E-state index contributed by atoms with van der Waals surface area (Å²) in [7, 11) is 0. The molecule has 0 saturated heterocycles. The number of amides is 4. The van der Waals surface area contributed by atoms with Crippen LogP contribution in [0.15, 0.2) is 60.7 Å². The fourth-order valence-electron chi connectivity index (χ4n) is 6.28. The first-order valence-corrected chi connectivity index (χ1v) is 17.8. The van der Waals surface area contributed by atoms with E-state index >= 15 is 0 Å². The summed E-state index contributed by atoms with van der Waals surface area (Å²) < 4.78 is 0. The van der Waals surface area contributed by atoms with Crippen LogP contribution < -0.4 is 21.3 Å². The summed E-state index contributed by atoms with van der Waals surface area (Å²) in [4.78, 5) is 45.9. The standard InChI is InChI=1S/C38H58N4O6/c1-30(34(43)40-36(45)46)39-27-21-13-11-9-7-5-3-4-6-8-10-12-20-26-38(28-32-22-16-14-17-23-32,29-33-24-18-15-19-25-33)42-31(2)35(44)41-37(47)48/h14-19,22-25,30-31,39,42H,3-13,20-21,26-29H2,1-2H3,(H,40,43)(H,41,44)(H,45,46)(H,47,48)/t30-,31-/m0/s1. The van der Waals surface area contributed by atoms with Gasteiger partial charge in [0.2, 0.25) is 11.8 Å². The van der Waals surface area contributed by atoms with Gasteiger partial charge in [0.1, 0.15) is 0 Å². The van der Waals surface area contributed by atoms with Crippen LogP contribution in [0.2, 0.25) is 0 Å². The molecular formula is C38H58N4O6. The zero-order valence-electron chi connectivity index (χ0n) is 29.0. The Labute approximate surface area is 286 Å². The van der Waals surface area contributed by atoms with Crippen molar-refractivity contribution in [3.8, 4) is 0 Å². The van der Waals surface area contributed by atoms with Crippen LogP contribution in [-0.4, -0.2) is 58.4 Å². The van der Waals surface area contributed by atoms with Crippen LogP contribution >= 0.6 is 0 Å². The molecular weight excluding hydrogens is 608 g/mol. The van der Waals surface area contributed by atoms with E-state index in [0.29, 0.717) is 6.54 Å². The number of imide groups is 2. The fraction of sp³-hybridized carbons (Fsp3) is 0.579. The second-order valence-corrected chi connectivity index (χ2v) is 13.1. The van der Waals surface area contributed by atoms with Crippen molar-refractivity contribution in [2.45, 2.75) is 134 Å². The number of hydrogen-bond acceptors (Lipinski definition) is 6. The van der Waals surface area contributed by atoms with Crippen LogP contribution in [0.1, 0.15) is 115 Å². The molecule has 6 N–H and O–H groups in total. The Bertz CT molecular complexity index is 1170. The van der Waals surface area contributed by atoms with Gasteiger partial charge in [-0.3, -0.25) is 25.5 Å². The fourth-order valence-corrected chi connectivity index (χ4v) is 6.28. The molecule has 266 valence electrons. The zero-order chi connectivity index (χ0) is 35.0. The summed E-state index contributed by atoms with van der Waals surface area (Å²) in [6.07, 6.45) is 14.9. The number of unbranched alkanes of at least 4 members (excludes halogenated alkanes) is 12. The molecule has 10 nitrogen and oxygen atoms in total. The molecule has 0 unspecified atom stereocenters. The Kier molecular flexibility index (Phi) is 19.8. The first-order chi connectivity index (χ1) is 23.1. The van der Waals surface area contributed by atoms with Crippen molar-refractivity contribution in [3.05, 3.63) is 71.8 Å². The highest BCUT2D eigenvalue weighted by atomic mass is 16.4. The van der Waals surface area contributed by atoms with E-state index in [1.165, 1.54) is 68.9 Å². The van der Waals surface area contributed by atoms with Crippen molar-refractivity contribution in [2.24, 2.45) is 0 Å². The van der Waals surface area contributed by atoms with E-state index in [-0.39, 0.29) is 0 Å². The van der Waals surface area contributed by atoms with E-state index in [2.05, 4.69) is 34.9 Å². The van der Waals surface area contributed by atoms with Gasteiger partial charge in [-0.25, -0.2) is 9.59 Å². The highest BCUT2D eigenvalue weighted by Crippen LogP contribution is 2.27. The van der Waals surface area contributed by atoms with Crippen molar-refractivity contribution in [1.82, 2.24) is 21.3 Å². The van der Waals surface area contributed by atoms with E-state index in [0.717, 1.165) is 44.9 Å². The Morgan fingerprint density at radius 3 is 1.35 bits per heavy atom. The predicted octanol–water partition coefficient (Wildman–Crippen LogP) is 7.22. The number of nitrogens with one attached hydrogen (secondary N) is 4. The lowest BCUT2D eigenvalue weighted by Gasteiger charge is -2.38. The van der Waals surface area contributed by atoms with Gasteiger partial charge < -0.3 is 15.5 Å². The van der Waals surface area contributed by atoms with Crippen molar-refractivity contribution in [1.29, 1.82) is 0 Å². The molecule has 0 aromatic heterocycles. The molecule has 0 aliphatic rings. The van der Waals surface area contributed by atoms with Gasteiger partial charge in [0.25, 0.3) is 0 Å². The third-order valence-corrected chi connectivity index (χ3v) is 8.82.